The topological polar surface area (TPSA) is 69.2 Å². The fourth-order valence-electron chi connectivity index (χ4n) is 3.20. The van der Waals surface area contributed by atoms with Gasteiger partial charge in [-0.15, -0.1) is 0 Å². The van der Waals surface area contributed by atoms with Crippen molar-refractivity contribution >= 4 is 11.6 Å². The molecule has 1 atom stereocenters. The standard InChI is InChI=1S/C20H19FN2O4/c21-16-8-14(19-15(9-16)11-25-12-26-19)6-7-22-20(24)18-10-17(23-27-18)13-4-2-1-3-5-13/h1-5,8-9,18H,6-7,10-12H2,(H,22,24)/t18-/m0/s1. The summed E-state index contributed by atoms with van der Waals surface area (Å²) in [5.74, 6) is 0.0621. The molecule has 0 saturated carbocycles. The van der Waals surface area contributed by atoms with Crippen LogP contribution in [0.5, 0.6) is 5.75 Å². The van der Waals surface area contributed by atoms with Crippen LogP contribution in [-0.4, -0.2) is 31.1 Å². The third-order valence-electron chi connectivity index (χ3n) is 4.51. The van der Waals surface area contributed by atoms with E-state index in [4.69, 9.17) is 14.3 Å². The van der Waals surface area contributed by atoms with Crippen molar-refractivity contribution < 1.29 is 23.5 Å². The predicted octanol–water partition coefficient (Wildman–Crippen LogP) is 2.54. The number of benzene rings is 2. The van der Waals surface area contributed by atoms with Crippen LogP contribution in [0.1, 0.15) is 23.1 Å². The van der Waals surface area contributed by atoms with Gasteiger partial charge in [0.2, 0.25) is 6.10 Å². The summed E-state index contributed by atoms with van der Waals surface area (Å²) in [5, 5.41) is 6.84. The normalized spacial score (nSPS) is 18.1. The summed E-state index contributed by atoms with van der Waals surface area (Å²) in [7, 11) is 0. The van der Waals surface area contributed by atoms with Crippen molar-refractivity contribution in [2.45, 2.75) is 25.6 Å². The van der Waals surface area contributed by atoms with Gasteiger partial charge in [-0.25, -0.2) is 4.39 Å². The molecule has 2 aromatic rings. The largest absolute Gasteiger partial charge is 0.467 e. The summed E-state index contributed by atoms with van der Waals surface area (Å²) in [6.45, 7) is 0.814. The average Bonchev–Trinajstić information content (AvgIpc) is 3.19. The second-order valence-corrected chi connectivity index (χ2v) is 6.41. The first-order valence-electron chi connectivity index (χ1n) is 8.78. The molecule has 1 N–H and O–H groups in total. The Balaban J connectivity index is 1.32. The molecule has 0 aliphatic carbocycles. The van der Waals surface area contributed by atoms with Gasteiger partial charge in [0.15, 0.2) is 6.79 Å². The van der Waals surface area contributed by atoms with E-state index in [2.05, 4.69) is 10.5 Å². The van der Waals surface area contributed by atoms with Crippen molar-refractivity contribution in [3.63, 3.8) is 0 Å². The molecule has 2 aliphatic rings. The Hall–Kier alpha value is -2.93. The van der Waals surface area contributed by atoms with E-state index in [0.29, 0.717) is 42.9 Å². The predicted molar refractivity (Wildman–Crippen MR) is 95.9 cm³/mol. The first-order valence-corrected chi connectivity index (χ1v) is 8.78. The molecule has 140 valence electrons. The van der Waals surface area contributed by atoms with E-state index >= 15 is 0 Å². The Kier molecular flexibility index (Phi) is 5.02. The van der Waals surface area contributed by atoms with Crippen molar-refractivity contribution in [1.29, 1.82) is 0 Å². The minimum atomic E-state index is -0.647. The molecular weight excluding hydrogens is 351 g/mol. The first-order chi connectivity index (χ1) is 13.2. The Morgan fingerprint density at radius 1 is 1.26 bits per heavy atom. The van der Waals surface area contributed by atoms with Crippen molar-refractivity contribution in [1.82, 2.24) is 5.32 Å². The zero-order valence-electron chi connectivity index (χ0n) is 14.6. The molecule has 0 bridgehead atoms. The van der Waals surface area contributed by atoms with Crippen LogP contribution < -0.4 is 10.1 Å². The lowest BCUT2D eigenvalue weighted by molar-refractivity contribution is -0.131. The van der Waals surface area contributed by atoms with E-state index in [1.807, 2.05) is 30.3 Å². The number of carbonyl (C=O) groups is 1. The van der Waals surface area contributed by atoms with Gasteiger partial charge in [0.25, 0.3) is 5.91 Å². The zero-order chi connectivity index (χ0) is 18.6. The third-order valence-corrected chi connectivity index (χ3v) is 4.51. The highest BCUT2D eigenvalue weighted by molar-refractivity contribution is 6.04. The zero-order valence-corrected chi connectivity index (χ0v) is 14.6. The summed E-state index contributed by atoms with van der Waals surface area (Å²) in [4.78, 5) is 17.6. The Morgan fingerprint density at radius 3 is 2.96 bits per heavy atom. The van der Waals surface area contributed by atoms with E-state index < -0.39 is 6.10 Å². The van der Waals surface area contributed by atoms with Crippen LogP contribution in [0.25, 0.3) is 0 Å². The van der Waals surface area contributed by atoms with Gasteiger partial charge in [0, 0.05) is 18.5 Å². The van der Waals surface area contributed by atoms with Gasteiger partial charge in [-0.05, 0) is 29.7 Å². The smallest absolute Gasteiger partial charge is 0.264 e. The molecule has 0 spiro atoms. The number of nitrogens with one attached hydrogen (secondary N) is 1. The second kappa shape index (κ2) is 7.75. The first kappa shape index (κ1) is 17.5. The molecule has 0 radical (unpaired) electrons. The lowest BCUT2D eigenvalue weighted by Gasteiger charge is -2.21. The maximum atomic E-state index is 13.8. The lowest BCUT2D eigenvalue weighted by atomic mass is 10.0. The van der Waals surface area contributed by atoms with Gasteiger partial charge in [-0.1, -0.05) is 35.5 Å². The summed E-state index contributed by atoms with van der Waals surface area (Å²) in [5.41, 5.74) is 3.09. The summed E-state index contributed by atoms with van der Waals surface area (Å²) >= 11 is 0. The molecule has 4 rings (SSSR count). The maximum Gasteiger partial charge on any atom is 0.264 e. The Labute approximate surface area is 155 Å². The molecule has 0 aromatic heterocycles. The van der Waals surface area contributed by atoms with Gasteiger partial charge in [-0.3, -0.25) is 4.79 Å². The fourth-order valence-corrected chi connectivity index (χ4v) is 3.20. The van der Waals surface area contributed by atoms with Crippen LogP contribution in [0.3, 0.4) is 0 Å². The SMILES string of the molecule is O=C(NCCc1cc(F)cc2c1OCOC2)[C@@H]1CC(c2ccccc2)=NO1. The lowest BCUT2D eigenvalue weighted by Crippen LogP contribution is -2.36. The van der Waals surface area contributed by atoms with Crippen molar-refractivity contribution in [2.24, 2.45) is 5.16 Å². The molecule has 2 aliphatic heterocycles. The fraction of sp³-hybridized carbons (Fsp3) is 0.300. The van der Waals surface area contributed by atoms with Crippen molar-refractivity contribution in [2.75, 3.05) is 13.3 Å². The van der Waals surface area contributed by atoms with Crippen LogP contribution in [0.15, 0.2) is 47.6 Å². The molecule has 0 saturated heterocycles. The van der Waals surface area contributed by atoms with E-state index in [-0.39, 0.29) is 18.5 Å². The number of carbonyl (C=O) groups excluding carboxylic acids is 1. The van der Waals surface area contributed by atoms with Crippen LogP contribution in [0, 0.1) is 5.82 Å². The number of halogens is 1. The van der Waals surface area contributed by atoms with Gasteiger partial charge in [0.1, 0.15) is 11.6 Å². The summed E-state index contributed by atoms with van der Waals surface area (Å²) in [6.07, 6.45) is 0.225. The van der Waals surface area contributed by atoms with Crippen LogP contribution in [0.2, 0.25) is 0 Å². The number of hydrogen-bond acceptors (Lipinski definition) is 5. The van der Waals surface area contributed by atoms with Gasteiger partial charge in [0.05, 0.1) is 12.3 Å². The number of fused-ring (bicyclic) bond motifs is 1. The molecule has 0 unspecified atom stereocenters. The number of nitrogens with zero attached hydrogens (tertiary/aromatic N) is 1. The quantitative estimate of drug-likeness (QED) is 0.878. The molecule has 2 heterocycles. The van der Waals surface area contributed by atoms with E-state index in [1.54, 1.807) is 0 Å². The highest BCUT2D eigenvalue weighted by Gasteiger charge is 2.28. The molecule has 1 amide bonds. The number of ether oxygens (including phenoxy) is 2. The average molecular weight is 370 g/mol. The third kappa shape index (κ3) is 3.93. The highest BCUT2D eigenvalue weighted by Crippen LogP contribution is 2.29. The number of hydrogen-bond donors (Lipinski definition) is 1. The van der Waals surface area contributed by atoms with Gasteiger partial charge in [-0.2, -0.15) is 0 Å². The van der Waals surface area contributed by atoms with E-state index in [9.17, 15) is 9.18 Å². The minimum Gasteiger partial charge on any atom is -0.467 e. The minimum absolute atomic E-state index is 0.146. The molecule has 0 fully saturated rings. The summed E-state index contributed by atoms with van der Waals surface area (Å²) < 4.78 is 24.4. The van der Waals surface area contributed by atoms with Crippen molar-refractivity contribution in [3.05, 3.63) is 65.0 Å². The molecular formula is C20H19FN2O4. The van der Waals surface area contributed by atoms with E-state index in [1.165, 1.54) is 12.1 Å². The van der Waals surface area contributed by atoms with Gasteiger partial charge < -0.3 is 19.6 Å². The second-order valence-electron chi connectivity index (χ2n) is 6.41. The van der Waals surface area contributed by atoms with Gasteiger partial charge >= 0.3 is 0 Å². The van der Waals surface area contributed by atoms with Crippen LogP contribution in [0.4, 0.5) is 4.39 Å². The van der Waals surface area contributed by atoms with E-state index in [0.717, 1.165) is 11.3 Å². The monoisotopic (exact) mass is 370 g/mol. The Morgan fingerprint density at radius 2 is 2.11 bits per heavy atom. The van der Waals surface area contributed by atoms with Crippen LogP contribution in [-0.2, 0) is 27.4 Å². The number of rotatable bonds is 5. The molecule has 6 nitrogen and oxygen atoms in total. The number of amides is 1. The number of oxime groups is 1. The highest BCUT2D eigenvalue weighted by atomic mass is 19.1. The van der Waals surface area contributed by atoms with Crippen LogP contribution >= 0.6 is 0 Å². The molecule has 2 aromatic carbocycles. The maximum absolute atomic E-state index is 13.8. The van der Waals surface area contributed by atoms with Crippen molar-refractivity contribution in [3.8, 4) is 5.75 Å². The molecule has 7 heteroatoms. The summed E-state index contributed by atoms with van der Waals surface area (Å²) in [6, 6.07) is 12.4. The Bertz CT molecular complexity index is 870. The molecule has 27 heavy (non-hydrogen) atoms.